The van der Waals surface area contributed by atoms with Crippen LogP contribution in [0.1, 0.15) is 10.4 Å². The van der Waals surface area contributed by atoms with Gasteiger partial charge in [0.1, 0.15) is 12.1 Å². The third kappa shape index (κ3) is 3.48. The average molecular weight is 420 g/mol. The summed E-state index contributed by atoms with van der Waals surface area (Å²) >= 11 is 0. The summed E-state index contributed by atoms with van der Waals surface area (Å²) in [5, 5.41) is 4.34. The number of benzene rings is 2. The van der Waals surface area contributed by atoms with Gasteiger partial charge in [-0.05, 0) is 23.8 Å². The molecule has 156 valence electrons. The van der Waals surface area contributed by atoms with E-state index in [4.69, 9.17) is 0 Å². The predicted molar refractivity (Wildman–Crippen MR) is 111 cm³/mol. The van der Waals surface area contributed by atoms with Crippen molar-refractivity contribution in [2.75, 3.05) is 31.1 Å². The van der Waals surface area contributed by atoms with Crippen molar-refractivity contribution in [3.05, 3.63) is 78.3 Å². The fourth-order valence-electron chi connectivity index (χ4n) is 3.83. The molecule has 0 aliphatic carbocycles. The van der Waals surface area contributed by atoms with E-state index in [0.29, 0.717) is 32.0 Å². The van der Waals surface area contributed by atoms with Crippen LogP contribution in [0.2, 0.25) is 0 Å². The molecule has 1 aliphatic heterocycles. The van der Waals surface area contributed by atoms with Gasteiger partial charge in [0.05, 0.1) is 0 Å². The molecular formula is C22H18F2N6O. The molecule has 1 amide bonds. The third-order valence-corrected chi connectivity index (χ3v) is 5.40. The molecule has 4 aromatic rings. The fourth-order valence-corrected chi connectivity index (χ4v) is 3.83. The van der Waals surface area contributed by atoms with Crippen LogP contribution in [0.5, 0.6) is 0 Å². The Kier molecular flexibility index (Phi) is 4.78. The molecule has 3 heterocycles. The second kappa shape index (κ2) is 7.75. The molecule has 0 radical (unpaired) electrons. The lowest BCUT2D eigenvalue weighted by atomic mass is 10.1. The van der Waals surface area contributed by atoms with Crippen LogP contribution in [0, 0.1) is 11.6 Å². The van der Waals surface area contributed by atoms with E-state index in [9.17, 15) is 13.6 Å². The summed E-state index contributed by atoms with van der Waals surface area (Å²) in [6.07, 6.45) is 3.25. The highest BCUT2D eigenvalue weighted by Crippen LogP contribution is 2.31. The van der Waals surface area contributed by atoms with Crippen LogP contribution in [-0.4, -0.2) is 56.6 Å². The Morgan fingerprint density at radius 3 is 2.42 bits per heavy atom. The molecular weight excluding hydrogens is 402 g/mol. The number of hydrogen-bond acceptors (Lipinski definition) is 5. The Balaban J connectivity index is 1.42. The molecule has 31 heavy (non-hydrogen) atoms. The van der Waals surface area contributed by atoms with Crippen molar-refractivity contribution in [1.29, 1.82) is 0 Å². The molecule has 0 atom stereocenters. The van der Waals surface area contributed by atoms with Crippen LogP contribution < -0.4 is 4.90 Å². The predicted octanol–water partition coefficient (Wildman–Crippen LogP) is 3.03. The second-order valence-corrected chi connectivity index (χ2v) is 7.24. The maximum atomic E-state index is 13.5. The third-order valence-electron chi connectivity index (χ3n) is 5.40. The van der Waals surface area contributed by atoms with Gasteiger partial charge in [0, 0.05) is 43.5 Å². The van der Waals surface area contributed by atoms with Gasteiger partial charge in [-0.1, -0.05) is 30.3 Å². The molecule has 0 unspecified atom stereocenters. The minimum absolute atomic E-state index is 0.139. The number of halogens is 2. The zero-order chi connectivity index (χ0) is 21.4. The number of amides is 1. The normalized spacial score (nSPS) is 14.3. The Morgan fingerprint density at radius 1 is 0.903 bits per heavy atom. The quantitative estimate of drug-likeness (QED) is 0.510. The van der Waals surface area contributed by atoms with Crippen LogP contribution in [0.3, 0.4) is 0 Å². The minimum Gasteiger partial charge on any atom is -0.352 e. The van der Waals surface area contributed by atoms with Crippen LogP contribution in [-0.2, 0) is 0 Å². The number of nitrogens with zero attached hydrogens (tertiary/aromatic N) is 6. The topological polar surface area (TPSA) is 66.6 Å². The molecule has 0 N–H and O–H groups in total. The van der Waals surface area contributed by atoms with Gasteiger partial charge < -0.3 is 9.80 Å². The van der Waals surface area contributed by atoms with Crippen molar-refractivity contribution in [2.45, 2.75) is 0 Å². The molecule has 0 bridgehead atoms. The highest BCUT2D eigenvalue weighted by Gasteiger charge is 2.26. The van der Waals surface area contributed by atoms with Crippen molar-refractivity contribution in [3.63, 3.8) is 0 Å². The summed E-state index contributed by atoms with van der Waals surface area (Å²) in [5.41, 5.74) is 2.06. The molecule has 2 aromatic carbocycles. The van der Waals surface area contributed by atoms with Gasteiger partial charge in [0.2, 0.25) is 0 Å². The second-order valence-electron chi connectivity index (χ2n) is 7.24. The van der Waals surface area contributed by atoms with Gasteiger partial charge in [-0.25, -0.2) is 13.8 Å². The summed E-state index contributed by atoms with van der Waals surface area (Å²) in [4.78, 5) is 25.1. The molecule has 2 aromatic heterocycles. The van der Waals surface area contributed by atoms with Gasteiger partial charge in [-0.15, -0.1) is 0 Å². The zero-order valence-corrected chi connectivity index (χ0v) is 16.4. The van der Waals surface area contributed by atoms with Gasteiger partial charge in [-0.2, -0.15) is 14.6 Å². The van der Waals surface area contributed by atoms with Crippen LogP contribution in [0.4, 0.5) is 14.6 Å². The summed E-state index contributed by atoms with van der Waals surface area (Å²) in [6, 6.07) is 13.1. The average Bonchev–Trinajstić information content (AvgIpc) is 3.29. The van der Waals surface area contributed by atoms with Crippen LogP contribution in [0.25, 0.3) is 16.9 Å². The van der Waals surface area contributed by atoms with E-state index in [-0.39, 0.29) is 11.5 Å². The maximum absolute atomic E-state index is 13.5. The van der Waals surface area contributed by atoms with Crippen molar-refractivity contribution >= 4 is 17.5 Å². The van der Waals surface area contributed by atoms with Gasteiger partial charge in [0.25, 0.3) is 11.7 Å². The van der Waals surface area contributed by atoms with E-state index in [1.54, 1.807) is 15.6 Å². The smallest absolute Gasteiger partial charge is 0.254 e. The van der Waals surface area contributed by atoms with E-state index in [1.165, 1.54) is 12.4 Å². The Hall–Kier alpha value is -3.88. The Morgan fingerprint density at radius 2 is 1.68 bits per heavy atom. The highest BCUT2D eigenvalue weighted by molar-refractivity contribution is 5.94. The van der Waals surface area contributed by atoms with Crippen molar-refractivity contribution < 1.29 is 13.6 Å². The maximum Gasteiger partial charge on any atom is 0.254 e. The molecule has 1 aliphatic rings. The van der Waals surface area contributed by atoms with Crippen molar-refractivity contribution in [3.8, 4) is 11.1 Å². The minimum atomic E-state index is -1.03. The number of rotatable bonds is 3. The summed E-state index contributed by atoms with van der Waals surface area (Å²) < 4.78 is 28.4. The van der Waals surface area contributed by atoms with Gasteiger partial charge >= 0.3 is 0 Å². The number of carbonyl (C=O) groups excluding carboxylic acids is 1. The monoisotopic (exact) mass is 420 g/mol. The van der Waals surface area contributed by atoms with E-state index in [0.717, 1.165) is 29.1 Å². The lowest BCUT2D eigenvalue weighted by Gasteiger charge is -2.36. The Bertz CT molecular complexity index is 1250. The highest BCUT2D eigenvalue weighted by atomic mass is 19.2. The largest absolute Gasteiger partial charge is 0.352 e. The first-order chi connectivity index (χ1) is 15.1. The molecule has 9 heteroatoms. The van der Waals surface area contributed by atoms with Gasteiger partial charge in [0.15, 0.2) is 11.6 Å². The number of aromatic nitrogens is 4. The lowest BCUT2D eigenvalue weighted by Crippen LogP contribution is -2.49. The number of carbonyl (C=O) groups is 1. The fraction of sp³-hybridized carbons (Fsp3) is 0.182. The molecule has 1 fully saturated rings. The van der Waals surface area contributed by atoms with Crippen molar-refractivity contribution in [1.82, 2.24) is 24.5 Å². The van der Waals surface area contributed by atoms with Crippen LogP contribution in [0.15, 0.2) is 61.1 Å². The van der Waals surface area contributed by atoms with E-state index in [2.05, 4.69) is 20.0 Å². The lowest BCUT2D eigenvalue weighted by molar-refractivity contribution is 0.0746. The number of anilines is 1. The summed E-state index contributed by atoms with van der Waals surface area (Å²) in [6.45, 7) is 1.97. The molecule has 0 spiro atoms. The standard InChI is InChI=1S/C22H18F2N6O/c23-18-7-6-16(12-19(18)24)21(31)29-10-8-28(9-11-29)20-17(15-4-2-1-3-5-15)13-25-22-26-14-27-30(20)22/h1-7,12-14H,8-11H2. The number of fused-ring (bicyclic) bond motifs is 1. The van der Waals surface area contributed by atoms with Crippen molar-refractivity contribution in [2.24, 2.45) is 0 Å². The number of piperazine rings is 1. The molecule has 5 rings (SSSR count). The van der Waals surface area contributed by atoms with E-state index >= 15 is 0 Å². The first-order valence-electron chi connectivity index (χ1n) is 9.85. The Labute approximate surface area is 176 Å². The summed E-state index contributed by atoms with van der Waals surface area (Å²) in [7, 11) is 0. The first-order valence-corrected chi connectivity index (χ1v) is 9.85. The van der Waals surface area contributed by atoms with Crippen LogP contribution >= 0.6 is 0 Å². The number of hydrogen-bond donors (Lipinski definition) is 0. The summed E-state index contributed by atoms with van der Waals surface area (Å²) in [5.74, 6) is -0.960. The SMILES string of the molecule is O=C(c1ccc(F)c(F)c1)N1CCN(c2c(-c3ccccc3)cnc3ncnn23)CC1. The van der Waals surface area contributed by atoms with E-state index in [1.807, 2.05) is 30.3 Å². The van der Waals surface area contributed by atoms with E-state index < -0.39 is 11.6 Å². The zero-order valence-electron chi connectivity index (χ0n) is 16.4. The molecule has 7 nitrogen and oxygen atoms in total. The molecule has 0 saturated carbocycles. The van der Waals surface area contributed by atoms with Gasteiger partial charge in [-0.3, -0.25) is 4.79 Å². The molecule has 1 saturated heterocycles. The first kappa shape index (κ1) is 19.1.